The molecule has 2 aromatic heterocycles. The van der Waals surface area contributed by atoms with Gasteiger partial charge in [-0.2, -0.15) is 0 Å². The maximum atomic E-state index is 5.79. The first-order chi connectivity index (χ1) is 12.2. The number of aliphatic imine (C=N–C) groups is 1. The van der Waals surface area contributed by atoms with E-state index in [0.29, 0.717) is 0 Å². The van der Waals surface area contributed by atoms with Crippen molar-refractivity contribution in [1.82, 2.24) is 15.0 Å². The molecule has 4 rings (SSSR count). The van der Waals surface area contributed by atoms with Crippen LogP contribution in [0.4, 0.5) is 11.4 Å². The van der Waals surface area contributed by atoms with Crippen LogP contribution in [0, 0.1) is 0 Å². The topological polar surface area (TPSA) is 80.0 Å². The fraction of sp³-hybridized carbons (Fsp3) is 0.0500. The van der Waals surface area contributed by atoms with Crippen molar-refractivity contribution < 1.29 is 0 Å². The Morgan fingerprint density at radius 1 is 1.16 bits per heavy atom. The maximum absolute atomic E-state index is 5.79. The van der Waals surface area contributed by atoms with Crippen molar-refractivity contribution in [3.8, 4) is 11.4 Å². The molecule has 0 aliphatic carbocycles. The number of H-pyrrole nitrogens is 1. The van der Waals surface area contributed by atoms with Crippen LogP contribution in [0.25, 0.3) is 39.4 Å². The lowest BCUT2D eigenvalue weighted by atomic mass is 10.0. The van der Waals surface area contributed by atoms with Gasteiger partial charge < -0.3 is 10.7 Å². The van der Waals surface area contributed by atoms with Crippen LogP contribution < -0.4 is 5.73 Å². The third-order valence-corrected chi connectivity index (χ3v) is 4.19. The van der Waals surface area contributed by atoms with Crippen LogP contribution in [0.2, 0.25) is 0 Å². The van der Waals surface area contributed by atoms with Crippen LogP contribution in [0.15, 0.2) is 53.7 Å². The molecule has 25 heavy (non-hydrogen) atoms. The predicted molar refractivity (Wildman–Crippen MR) is 105 cm³/mol. The molecule has 0 saturated carbocycles. The van der Waals surface area contributed by atoms with E-state index in [1.165, 1.54) is 0 Å². The van der Waals surface area contributed by atoms with Crippen molar-refractivity contribution in [2.24, 2.45) is 4.99 Å². The Morgan fingerprint density at radius 2 is 1.96 bits per heavy atom. The summed E-state index contributed by atoms with van der Waals surface area (Å²) < 4.78 is 0. The van der Waals surface area contributed by atoms with Crippen LogP contribution in [-0.4, -0.2) is 21.7 Å². The second-order valence-electron chi connectivity index (χ2n) is 5.75. The zero-order valence-electron chi connectivity index (χ0n) is 13.8. The highest BCUT2D eigenvalue weighted by atomic mass is 14.9. The molecule has 0 unspecified atom stereocenters. The van der Waals surface area contributed by atoms with Crippen molar-refractivity contribution >= 4 is 46.1 Å². The van der Waals surface area contributed by atoms with Gasteiger partial charge in [-0.05, 0) is 50.0 Å². The number of hydrogen-bond donors (Lipinski definition) is 2. The van der Waals surface area contributed by atoms with Crippen molar-refractivity contribution in [2.75, 3.05) is 5.73 Å². The highest BCUT2D eigenvalue weighted by Crippen LogP contribution is 2.37. The van der Waals surface area contributed by atoms with E-state index in [9.17, 15) is 0 Å². The third kappa shape index (κ3) is 2.37. The lowest BCUT2D eigenvalue weighted by molar-refractivity contribution is 1.34. The van der Waals surface area contributed by atoms with Gasteiger partial charge >= 0.3 is 0 Å². The number of nitrogens with one attached hydrogen (secondary N) is 1. The van der Waals surface area contributed by atoms with E-state index in [0.717, 1.165) is 50.3 Å². The predicted octanol–water partition coefficient (Wildman–Crippen LogP) is 4.73. The molecule has 2 aromatic carbocycles. The van der Waals surface area contributed by atoms with Crippen molar-refractivity contribution in [3.05, 3.63) is 54.2 Å². The molecule has 0 amide bonds. The largest absolute Gasteiger partial charge is 0.399 e. The number of benzene rings is 2. The summed E-state index contributed by atoms with van der Waals surface area (Å²) >= 11 is 0. The van der Waals surface area contributed by atoms with Crippen LogP contribution in [-0.2, 0) is 0 Å². The van der Waals surface area contributed by atoms with Crippen LogP contribution in [0.3, 0.4) is 0 Å². The first kappa shape index (κ1) is 15.1. The van der Waals surface area contributed by atoms with Gasteiger partial charge in [0.15, 0.2) is 0 Å². The zero-order valence-corrected chi connectivity index (χ0v) is 13.8. The molecule has 0 aliphatic heterocycles. The summed E-state index contributed by atoms with van der Waals surface area (Å²) in [5.41, 5.74) is 11.8. The summed E-state index contributed by atoms with van der Waals surface area (Å²) in [6.45, 7) is 5.70. The van der Waals surface area contributed by atoms with Gasteiger partial charge in [-0.25, -0.2) is 4.98 Å². The number of rotatable bonds is 3. The van der Waals surface area contributed by atoms with Gasteiger partial charge in [0.1, 0.15) is 5.82 Å². The number of allylic oxidation sites excluding steroid dienone is 1. The molecule has 2 heterocycles. The summed E-state index contributed by atoms with van der Waals surface area (Å²) in [5, 5.41) is 0.974. The van der Waals surface area contributed by atoms with Crippen molar-refractivity contribution in [2.45, 2.75) is 6.92 Å². The van der Waals surface area contributed by atoms with Gasteiger partial charge in [-0.1, -0.05) is 12.2 Å². The SMILES string of the molecule is C=Nc1c(/C=C\C)c2nc(-c3ccc(N)cc3)[nH]c2c2cccnc12. The number of anilines is 1. The fourth-order valence-electron chi connectivity index (χ4n) is 3.06. The monoisotopic (exact) mass is 327 g/mol. The highest BCUT2D eigenvalue weighted by molar-refractivity contribution is 6.13. The molecule has 0 bridgehead atoms. The molecule has 0 radical (unpaired) electrons. The minimum Gasteiger partial charge on any atom is -0.399 e. The first-order valence-corrected chi connectivity index (χ1v) is 7.98. The van der Waals surface area contributed by atoms with Crippen molar-refractivity contribution in [1.29, 1.82) is 0 Å². The average Bonchev–Trinajstić information content (AvgIpc) is 3.08. The average molecular weight is 327 g/mol. The lowest BCUT2D eigenvalue weighted by Gasteiger charge is -2.06. The number of aromatic amines is 1. The zero-order chi connectivity index (χ0) is 17.4. The normalized spacial score (nSPS) is 11.6. The molecule has 122 valence electrons. The highest BCUT2D eigenvalue weighted by Gasteiger charge is 2.17. The van der Waals surface area contributed by atoms with Gasteiger partial charge in [0.2, 0.25) is 0 Å². The minimum absolute atomic E-state index is 0.724. The number of imidazole rings is 1. The number of pyridine rings is 1. The van der Waals surface area contributed by atoms with E-state index in [2.05, 4.69) is 21.7 Å². The summed E-state index contributed by atoms with van der Waals surface area (Å²) in [4.78, 5) is 17.0. The summed E-state index contributed by atoms with van der Waals surface area (Å²) in [5.74, 6) is 0.784. The third-order valence-electron chi connectivity index (χ3n) is 4.19. The second kappa shape index (κ2) is 5.87. The molecule has 0 spiro atoms. The van der Waals surface area contributed by atoms with Crippen LogP contribution in [0.5, 0.6) is 0 Å². The standard InChI is InChI=1S/C20H17N5/c1-3-5-14-16(22-2)17-15(6-4-11-23-17)19-18(14)24-20(25-19)12-7-9-13(21)10-8-12/h3-11H,2,21H2,1H3,(H,24,25)/b5-3-. The van der Waals surface area contributed by atoms with E-state index in [1.807, 2.05) is 55.5 Å². The van der Waals surface area contributed by atoms with Gasteiger partial charge in [-0.15, -0.1) is 0 Å². The maximum Gasteiger partial charge on any atom is 0.138 e. The molecule has 5 nitrogen and oxygen atoms in total. The Bertz CT molecular complexity index is 1120. The smallest absolute Gasteiger partial charge is 0.138 e. The van der Waals surface area contributed by atoms with Crippen molar-refractivity contribution in [3.63, 3.8) is 0 Å². The Morgan fingerprint density at radius 3 is 2.68 bits per heavy atom. The van der Waals surface area contributed by atoms with Gasteiger partial charge in [0.25, 0.3) is 0 Å². The van der Waals surface area contributed by atoms with Gasteiger partial charge in [-0.3, -0.25) is 9.98 Å². The molecule has 0 aliphatic rings. The Hall–Kier alpha value is -3.47. The molecule has 3 N–H and O–H groups in total. The molecule has 0 fully saturated rings. The number of fused-ring (bicyclic) bond motifs is 3. The van der Waals surface area contributed by atoms with Gasteiger partial charge in [0.05, 0.1) is 22.2 Å². The van der Waals surface area contributed by atoms with E-state index < -0.39 is 0 Å². The van der Waals surface area contributed by atoms with E-state index >= 15 is 0 Å². The minimum atomic E-state index is 0.724. The van der Waals surface area contributed by atoms with Crippen LogP contribution in [0.1, 0.15) is 12.5 Å². The molecule has 0 saturated heterocycles. The number of hydrogen-bond acceptors (Lipinski definition) is 4. The summed E-state index contributed by atoms with van der Waals surface area (Å²) in [6, 6.07) is 11.6. The van der Waals surface area contributed by atoms with E-state index in [-0.39, 0.29) is 0 Å². The first-order valence-electron chi connectivity index (χ1n) is 7.98. The number of nitrogens with two attached hydrogens (primary N) is 1. The number of aromatic nitrogens is 3. The van der Waals surface area contributed by atoms with E-state index in [1.54, 1.807) is 6.20 Å². The Kier molecular flexibility index (Phi) is 3.54. The molecular weight excluding hydrogens is 310 g/mol. The van der Waals surface area contributed by atoms with E-state index in [4.69, 9.17) is 10.7 Å². The Balaban J connectivity index is 2.12. The Labute approximate surface area is 145 Å². The summed E-state index contributed by atoms with van der Waals surface area (Å²) in [7, 11) is 0. The summed E-state index contributed by atoms with van der Waals surface area (Å²) in [6.07, 6.45) is 5.73. The van der Waals surface area contributed by atoms with Crippen LogP contribution >= 0.6 is 0 Å². The number of nitrogens with zero attached hydrogens (tertiary/aromatic N) is 3. The quantitative estimate of drug-likeness (QED) is 0.422. The fourth-order valence-corrected chi connectivity index (χ4v) is 3.06. The van der Waals surface area contributed by atoms with Gasteiger partial charge in [0, 0.05) is 28.4 Å². The second-order valence-corrected chi connectivity index (χ2v) is 5.75. The molecule has 5 heteroatoms. The lowest BCUT2D eigenvalue weighted by Crippen LogP contribution is -1.86. The number of nitrogen functional groups attached to an aromatic ring is 1. The molecule has 4 aromatic rings. The molecular formula is C20H17N5. The molecule has 0 atom stereocenters.